The predicted molar refractivity (Wildman–Crippen MR) is 94.9 cm³/mol. The van der Waals surface area contributed by atoms with Crippen LogP contribution in [0.2, 0.25) is 0 Å². The molecule has 0 aliphatic carbocycles. The second-order valence-electron chi connectivity index (χ2n) is 5.78. The summed E-state index contributed by atoms with van der Waals surface area (Å²) in [4.78, 5) is 14.7. The topological polar surface area (TPSA) is 65.7 Å². The number of thioether (sulfide) groups is 1. The van der Waals surface area contributed by atoms with Gasteiger partial charge < -0.3 is 19.7 Å². The summed E-state index contributed by atoms with van der Waals surface area (Å²) >= 11 is 1.64. The van der Waals surface area contributed by atoms with Crippen LogP contribution in [0.1, 0.15) is 22.5 Å². The number of hydrogen-bond donors (Lipinski definition) is 2. The summed E-state index contributed by atoms with van der Waals surface area (Å²) in [5.74, 6) is 0.907. The number of carbonyl (C=O) groups excluding carboxylic acids is 1. The number of aliphatic hydroxyl groups is 1. The van der Waals surface area contributed by atoms with Gasteiger partial charge in [0, 0.05) is 35.9 Å². The maximum Gasteiger partial charge on any atom is 0.287 e. The first-order valence-electron chi connectivity index (χ1n) is 7.62. The van der Waals surface area contributed by atoms with Gasteiger partial charge in [0.2, 0.25) is 0 Å². The molecule has 1 aromatic carbocycles. The largest absolute Gasteiger partial charge is 0.451 e. The Hall–Kier alpha value is -1.50. The molecule has 126 valence electrons. The Morgan fingerprint density at radius 1 is 1.39 bits per heavy atom. The van der Waals surface area contributed by atoms with Crippen LogP contribution in [-0.2, 0) is 6.54 Å². The molecule has 1 heterocycles. The summed E-state index contributed by atoms with van der Waals surface area (Å²) in [5, 5.41) is 13.1. The van der Waals surface area contributed by atoms with Crippen LogP contribution < -0.4 is 5.32 Å². The summed E-state index contributed by atoms with van der Waals surface area (Å²) in [6.07, 6.45) is 2.52. The second-order valence-corrected chi connectivity index (χ2v) is 6.69. The van der Waals surface area contributed by atoms with Crippen LogP contribution in [0.25, 0.3) is 11.0 Å². The lowest BCUT2D eigenvalue weighted by atomic mass is 10.1. The molecule has 23 heavy (non-hydrogen) atoms. The number of carbonyl (C=O) groups is 1. The Morgan fingerprint density at radius 2 is 2.13 bits per heavy atom. The number of nitrogens with zero attached hydrogens (tertiary/aromatic N) is 1. The molecule has 0 saturated carbocycles. The first-order valence-corrected chi connectivity index (χ1v) is 9.02. The van der Waals surface area contributed by atoms with E-state index in [4.69, 9.17) is 9.52 Å². The minimum absolute atomic E-state index is 0.0518. The SMILES string of the molecule is CSCC(CCO)NC(=O)c1oc2ccccc2c1CN(C)C. The molecule has 2 rings (SSSR count). The Balaban J connectivity index is 2.31. The smallest absolute Gasteiger partial charge is 0.287 e. The van der Waals surface area contributed by atoms with E-state index in [0.29, 0.717) is 18.7 Å². The number of hydrogen-bond acceptors (Lipinski definition) is 5. The molecule has 0 spiro atoms. The van der Waals surface area contributed by atoms with E-state index in [1.54, 1.807) is 11.8 Å². The molecule has 0 saturated heterocycles. The first-order chi connectivity index (χ1) is 11.1. The lowest BCUT2D eigenvalue weighted by Gasteiger charge is -2.16. The number of para-hydroxylation sites is 1. The molecule has 6 heteroatoms. The highest BCUT2D eigenvalue weighted by Gasteiger charge is 2.22. The van der Waals surface area contributed by atoms with Gasteiger partial charge in [0.15, 0.2) is 5.76 Å². The zero-order valence-corrected chi connectivity index (χ0v) is 14.7. The maximum absolute atomic E-state index is 12.7. The number of benzene rings is 1. The van der Waals surface area contributed by atoms with Crippen LogP contribution in [0.15, 0.2) is 28.7 Å². The van der Waals surface area contributed by atoms with Crippen molar-refractivity contribution in [1.29, 1.82) is 0 Å². The van der Waals surface area contributed by atoms with E-state index in [1.165, 1.54) is 0 Å². The molecule has 5 nitrogen and oxygen atoms in total. The fourth-order valence-corrected chi connectivity index (χ4v) is 3.21. The van der Waals surface area contributed by atoms with Crippen molar-refractivity contribution in [2.24, 2.45) is 0 Å². The highest BCUT2D eigenvalue weighted by atomic mass is 32.2. The Kier molecular flexibility index (Phi) is 6.50. The van der Waals surface area contributed by atoms with Crippen molar-refractivity contribution in [1.82, 2.24) is 10.2 Å². The van der Waals surface area contributed by atoms with E-state index in [9.17, 15) is 4.79 Å². The molecular weight excluding hydrogens is 312 g/mol. The third-order valence-corrected chi connectivity index (χ3v) is 4.30. The van der Waals surface area contributed by atoms with Gasteiger partial charge in [-0.2, -0.15) is 11.8 Å². The van der Waals surface area contributed by atoms with Gasteiger partial charge in [-0.1, -0.05) is 18.2 Å². The van der Waals surface area contributed by atoms with Crippen molar-refractivity contribution in [3.8, 4) is 0 Å². The quantitative estimate of drug-likeness (QED) is 0.774. The van der Waals surface area contributed by atoms with Gasteiger partial charge in [0.05, 0.1) is 0 Å². The monoisotopic (exact) mass is 336 g/mol. The van der Waals surface area contributed by atoms with Crippen molar-refractivity contribution in [2.45, 2.75) is 19.0 Å². The molecule has 1 amide bonds. The third kappa shape index (κ3) is 4.50. The van der Waals surface area contributed by atoms with Crippen molar-refractivity contribution in [3.05, 3.63) is 35.6 Å². The Labute approximate surface area is 141 Å². The van der Waals surface area contributed by atoms with Gasteiger partial charge in [-0.25, -0.2) is 0 Å². The zero-order valence-electron chi connectivity index (χ0n) is 13.8. The van der Waals surface area contributed by atoms with Gasteiger partial charge in [-0.05, 0) is 32.8 Å². The number of fused-ring (bicyclic) bond motifs is 1. The van der Waals surface area contributed by atoms with E-state index >= 15 is 0 Å². The van der Waals surface area contributed by atoms with E-state index in [2.05, 4.69) is 5.32 Å². The molecular formula is C17H24N2O3S. The predicted octanol–water partition coefficient (Wildman–Crippen LogP) is 2.34. The van der Waals surface area contributed by atoms with Gasteiger partial charge in [0.25, 0.3) is 5.91 Å². The van der Waals surface area contributed by atoms with Crippen LogP contribution in [0, 0.1) is 0 Å². The standard InChI is InChI=1S/C17H24N2O3S/c1-19(2)10-14-13-6-4-5-7-15(13)22-16(14)17(21)18-12(8-9-20)11-23-3/h4-7,12,20H,8-11H2,1-3H3,(H,18,21). The fraction of sp³-hybridized carbons (Fsp3) is 0.471. The van der Waals surface area contributed by atoms with Crippen molar-refractivity contribution in [3.63, 3.8) is 0 Å². The highest BCUT2D eigenvalue weighted by Crippen LogP contribution is 2.27. The summed E-state index contributed by atoms with van der Waals surface area (Å²) in [6.45, 7) is 0.684. The van der Waals surface area contributed by atoms with Gasteiger partial charge in [0.1, 0.15) is 5.58 Å². The molecule has 2 aromatic rings. The molecule has 2 N–H and O–H groups in total. The molecule has 0 aliphatic rings. The van der Waals surface area contributed by atoms with Crippen LogP contribution in [0.4, 0.5) is 0 Å². The summed E-state index contributed by atoms with van der Waals surface area (Å²) < 4.78 is 5.81. The molecule has 1 atom stereocenters. The van der Waals surface area contributed by atoms with Gasteiger partial charge in [-0.15, -0.1) is 0 Å². The molecule has 0 radical (unpaired) electrons. The van der Waals surface area contributed by atoms with Crippen molar-refractivity contribution >= 4 is 28.6 Å². The molecule has 1 aromatic heterocycles. The Bertz CT molecular complexity index is 648. The number of furan rings is 1. The number of aliphatic hydroxyl groups excluding tert-OH is 1. The molecule has 1 unspecified atom stereocenters. The zero-order chi connectivity index (χ0) is 16.8. The van der Waals surface area contributed by atoms with Crippen LogP contribution >= 0.6 is 11.8 Å². The Morgan fingerprint density at radius 3 is 2.78 bits per heavy atom. The van der Waals surface area contributed by atoms with Gasteiger partial charge in [-0.3, -0.25) is 4.79 Å². The van der Waals surface area contributed by atoms with E-state index in [-0.39, 0.29) is 18.6 Å². The van der Waals surface area contributed by atoms with E-state index in [1.807, 2.05) is 49.5 Å². The number of amides is 1. The fourth-order valence-electron chi connectivity index (χ4n) is 2.56. The highest BCUT2D eigenvalue weighted by molar-refractivity contribution is 7.98. The van der Waals surface area contributed by atoms with Crippen LogP contribution in [0.5, 0.6) is 0 Å². The van der Waals surface area contributed by atoms with Crippen LogP contribution in [-0.4, -0.2) is 54.7 Å². The molecule has 0 aliphatic heterocycles. The van der Waals surface area contributed by atoms with E-state index < -0.39 is 0 Å². The third-order valence-electron chi connectivity index (χ3n) is 3.56. The van der Waals surface area contributed by atoms with Crippen molar-refractivity contribution in [2.75, 3.05) is 32.7 Å². The van der Waals surface area contributed by atoms with E-state index in [0.717, 1.165) is 22.3 Å². The maximum atomic E-state index is 12.7. The van der Waals surface area contributed by atoms with Crippen molar-refractivity contribution < 1.29 is 14.3 Å². The number of nitrogens with one attached hydrogen (secondary N) is 1. The average molecular weight is 336 g/mol. The average Bonchev–Trinajstić information content (AvgIpc) is 2.86. The second kappa shape index (κ2) is 8.38. The minimum atomic E-state index is -0.217. The summed E-state index contributed by atoms with van der Waals surface area (Å²) in [6, 6.07) is 7.62. The van der Waals surface area contributed by atoms with Gasteiger partial charge >= 0.3 is 0 Å². The first kappa shape index (κ1) is 17.8. The normalized spacial score (nSPS) is 12.7. The molecule has 0 bridgehead atoms. The summed E-state index contributed by atoms with van der Waals surface area (Å²) in [7, 11) is 3.93. The van der Waals surface area contributed by atoms with Crippen LogP contribution in [0.3, 0.4) is 0 Å². The molecule has 0 fully saturated rings. The minimum Gasteiger partial charge on any atom is -0.451 e. The summed E-state index contributed by atoms with van der Waals surface area (Å²) in [5.41, 5.74) is 1.62. The lowest BCUT2D eigenvalue weighted by Crippen LogP contribution is -2.37. The lowest BCUT2D eigenvalue weighted by molar-refractivity contribution is 0.0907. The number of rotatable bonds is 8.